The zero-order valence-electron chi connectivity index (χ0n) is 11.6. The molecule has 0 aliphatic carbocycles. The van der Waals surface area contributed by atoms with Gasteiger partial charge in [-0.3, -0.25) is 4.79 Å². The normalized spacial score (nSPS) is 17.3. The molecule has 5 heteroatoms. The Labute approximate surface area is 117 Å². The van der Waals surface area contributed by atoms with Crippen LogP contribution in [0.1, 0.15) is 22.9 Å². The SMILES string of the molecule is Cc1nc(CN2c3ccccc3C[C@H]2C(N)=O)c(C)o1. The van der Waals surface area contributed by atoms with Crippen LogP contribution in [-0.2, 0) is 17.8 Å². The molecule has 20 heavy (non-hydrogen) atoms. The fourth-order valence-electron chi connectivity index (χ4n) is 2.78. The number of carbonyl (C=O) groups is 1. The smallest absolute Gasteiger partial charge is 0.240 e. The number of amides is 1. The molecule has 0 spiro atoms. The Bertz CT molecular complexity index is 663. The number of anilines is 1. The van der Waals surface area contributed by atoms with Crippen molar-refractivity contribution in [2.45, 2.75) is 32.9 Å². The van der Waals surface area contributed by atoms with Gasteiger partial charge in [-0.05, 0) is 18.6 Å². The Morgan fingerprint density at radius 2 is 2.20 bits per heavy atom. The molecule has 104 valence electrons. The molecule has 0 bridgehead atoms. The van der Waals surface area contributed by atoms with Gasteiger partial charge in [-0.15, -0.1) is 0 Å². The second-order valence-corrected chi connectivity index (χ2v) is 5.11. The lowest BCUT2D eigenvalue weighted by atomic mass is 10.1. The summed E-state index contributed by atoms with van der Waals surface area (Å²) in [5.74, 6) is 1.12. The molecule has 2 N–H and O–H groups in total. The summed E-state index contributed by atoms with van der Waals surface area (Å²) < 4.78 is 5.45. The first-order valence-corrected chi connectivity index (χ1v) is 6.63. The van der Waals surface area contributed by atoms with Crippen LogP contribution in [0.2, 0.25) is 0 Å². The lowest BCUT2D eigenvalue weighted by molar-refractivity contribution is -0.119. The number of hydrogen-bond acceptors (Lipinski definition) is 4. The average molecular weight is 271 g/mol. The molecule has 1 atom stereocenters. The molecule has 0 unspecified atom stereocenters. The zero-order valence-corrected chi connectivity index (χ0v) is 11.6. The molecule has 0 fully saturated rings. The van der Waals surface area contributed by atoms with Gasteiger partial charge in [-0.1, -0.05) is 18.2 Å². The number of aromatic nitrogens is 1. The van der Waals surface area contributed by atoms with Gasteiger partial charge in [0, 0.05) is 19.0 Å². The first kappa shape index (κ1) is 12.7. The number of aryl methyl sites for hydroxylation is 2. The second kappa shape index (κ2) is 4.67. The number of nitrogens with zero attached hydrogens (tertiary/aromatic N) is 2. The minimum absolute atomic E-state index is 0.306. The summed E-state index contributed by atoms with van der Waals surface area (Å²) in [6.07, 6.45) is 0.654. The van der Waals surface area contributed by atoms with Gasteiger partial charge in [-0.2, -0.15) is 0 Å². The minimum atomic E-state index is -0.316. The van der Waals surface area contributed by atoms with Crippen molar-refractivity contribution < 1.29 is 9.21 Å². The van der Waals surface area contributed by atoms with E-state index in [4.69, 9.17) is 10.2 Å². The third kappa shape index (κ3) is 2.05. The number of carbonyl (C=O) groups excluding carboxylic acids is 1. The highest BCUT2D eigenvalue weighted by Crippen LogP contribution is 2.33. The van der Waals surface area contributed by atoms with Crippen molar-refractivity contribution in [2.24, 2.45) is 5.73 Å². The maximum Gasteiger partial charge on any atom is 0.240 e. The molecule has 1 aromatic carbocycles. The third-order valence-corrected chi connectivity index (χ3v) is 3.74. The van der Waals surface area contributed by atoms with Crippen LogP contribution >= 0.6 is 0 Å². The standard InChI is InChI=1S/C15H17N3O2/c1-9-12(17-10(2)20-9)8-18-13-6-4-3-5-11(13)7-14(18)15(16)19/h3-6,14H,7-8H2,1-2H3,(H2,16,19)/t14-/m0/s1. The lowest BCUT2D eigenvalue weighted by Gasteiger charge is -2.24. The van der Waals surface area contributed by atoms with Crippen LogP contribution in [0.4, 0.5) is 5.69 Å². The van der Waals surface area contributed by atoms with E-state index in [1.54, 1.807) is 0 Å². The molecule has 3 rings (SSSR count). The molecular formula is C15H17N3O2. The highest BCUT2D eigenvalue weighted by atomic mass is 16.4. The van der Waals surface area contributed by atoms with Crippen molar-refractivity contribution in [3.05, 3.63) is 47.2 Å². The number of para-hydroxylation sites is 1. The lowest BCUT2D eigenvalue weighted by Crippen LogP contribution is -2.42. The van der Waals surface area contributed by atoms with Gasteiger partial charge in [0.05, 0.1) is 6.54 Å². The van der Waals surface area contributed by atoms with Gasteiger partial charge >= 0.3 is 0 Å². The Balaban J connectivity index is 1.96. The van der Waals surface area contributed by atoms with Gasteiger partial charge in [0.25, 0.3) is 0 Å². The highest BCUT2D eigenvalue weighted by Gasteiger charge is 2.33. The molecular weight excluding hydrogens is 254 g/mol. The van der Waals surface area contributed by atoms with E-state index in [-0.39, 0.29) is 11.9 Å². The predicted octanol–water partition coefficient (Wildman–Crippen LogP) is 1.71. The summed E-state index contributed by atoms with van der Waals surface area (Å²) in [7, 11) is 0. The first-order chi connectivity index (χ1) is 9.56. The number of rotatable bonds is 3. The summed E-state index contributed by atoms with van der Waals surface area (Å²) in [4.78, 5) is 18.1. The van der Waals surface area contributed by atoms with Crippen LogP contribution in [0.15, 0.2) is 28.7 Å². The van der Waals surface area contributed by atoms with Crippen LogP contribution in [0.5, 0.6) is 0 Å². The molecule has 1 amide bonds. The Morgan fingerprint density at radius 3 is 2.85 bits per heavy atom. The van der Waals surface area contributed by atoms with E-state index in [1.807, 2.05) is 43.0 Å². The van der Waals surface area contributed by atoms with E-state index in [1.165, 1.54) is 0 Å². The van der Waals surface area contributed by atoms with E-state index >= 15 is 0 Å². The Hall–Kier alpha value is -2.30. The van der Waals surface area contributed by atoms with Crippen molar-refractivity contribution in [3.8, 4) is 0 Å². The fraction of sp³-hybridized carbons (Fsp3) is 0.333. The molecule has 1 aliphatic heterocycles. The van der Waals surface area contributed by atoms with Crippen LogP contribution in [0, 0.1) is 13.8 Å². The number of benzene rings is 1. The van der Waals surface area contributed by atoms with E-state index < -0.39 is 0 Å². The molecule has 2 aromatic rings. The van der Waals surface area contributed by atoms with Crippen LogP contribution in [-0.4, -0.2) is 16.9 Å². The van der Waals surface area contributed by atoms with Crippen molar-refractivity contribution in [2.75, 3.05) is 4.90 Å². The largest absolute Gasteiger partial charge is 0.446 e. The number of fused-ring (bicyclic) bond motifs is 1. The van der Waals surface area contributed by atoms with Gasteiger partial charge < -0.3 is 15.1 Å². The number of oxazole rings is 1. The maximum atomic E-state index is 11.7. The van der Waals surface area contributed by atoms with Gasteiger partial charge in [0.2, 0.25) is 5.91 Å². The van der Waals surface area contributed by atoms with Crippen molar-refractivity contribution >= 4 is 11.6 Å². The average Bonchev–Trinajstić information content (AvgIpc) is 2.91. The van der Waals surface area contributed by atoms with E-state index in [2.05, 4.69) is 4.98 Å². The Morgan fingerprint density at radius 1 is 1.45 bits per heavy atom. The van der Waals surface area contributed by atoms with E-state index in [0.29, 0.717) is 18.9 Å². The molecule has 1 aliphatic rings. The van der Waals surface area contributed by atoms with Gasteiger partial charge in [-0.25, -0.2) is 4.98 Å². The third-order valence-electron chi connectivity index (χ3n) is 3.74. The summed E-state index contributed by atoms with van der Waals surface area (Å²) in [6, 6.07) is 7.68. The van der Waals surface area contributed by atoms with Gasteiger partial charge in [0.15, 0.2) is 5.89 Å². The molecule has 0 radical (unpaired) electrons. The van der Waals surface area contributed by atoms with E-state index in [9.17, 15) is 4.79 Å². The van der Waals surface area contributed by atoms with Crippen LogP contribution in [0.3, 0.4) is 0 Å². The maximum absolute atomic E-state index is 11.7. The number of hydrogen-bond donors (Lipinski definition) is 1. The monoisotopic (exact) mass is 271 g/mol. The number of primary amides is 1. The quantitative estimate of drug-likeness (QED) is 0.922. The summed E-state index contributed by atoms with van der Waals surface area (Å²) >= 11 is 0. The summed E-state index contributed by atoms with van der Waals surface area (Å²) in [5.41, 5.74) is 8.59. The van der Waals surface area contributed by atoms with Crippen LogP contribution < -0.4 is 10.6 Å². The zero-order chi connectivity index (χ0) is 14.3. The molecule has 2 heterocycles. The topological polar surface area (TPSA) is 72.4 Å². The predicted molar refractivity (Wildman–Crippen MR) is 75.3 cm³/mol. The molecule has 0 saturated carbocycles. The summed E-state index contributed by atoms with van der Waals surface area (Å²) in [6.45, 7) is 4.24. The van der Waals surface area contributed by atoms with Crippen molar-refractivity contribution in [1.29, 1.82) is 0 Å². The van der Waals surface area contributed by atoms with Crippen molar-refractivity contribution in [1.82, 2.24) is 4.98 Å². The molecule has 5 nitrogen and oxygen atoms in total. The molecule has 1 aromatic heterocycles. The highest BCUT2D eigenvalue weighted by molar-refractivity contribution is 5.86. The minimum Gasteiger partial charge on any atom is -0.446 e. The Kier molecular flexibility index (Phi) is 2.97. The molecule has 0 saturated heterocycles. The van der Waals surface area contributed by atoms with Crippen LogP contribution in [0.25, 0.3) is 0 Å². The van der Waals surface area contributed by atoms with Gasteiger partial charge in [0.1, 0.15) is 17.5 Å². The summed E-state index contributed by atoms with van der Waals surface area (Å²) in [5, 5.41) is 0. The second-order valence-electron chi connectivity index (χ2n) is 5.11. The van der Waals surface area contributed by atoms with E-state index in [0.717, 1.165) is 22.7 Å². The number of nitrogens with two attached hydrogens (primary N) is 1. The fourth-order valence-corrected chi connectivity index (χ4v) is 2.78. The van der Waals surface area contributed by atoms with Crippen molar-refractivity contribution in [3.63, 3.8) is 0 Å². The first-order valence-electron chi connectivity index (χ1n) is 6.63.